The van der Waals surface area contributed by atoms with Gasteiger partial charge in [-0.2, -0.15) is 0 Å². The molecule has 0 saturated carbocycles. The highest BCUT2D eigenvalue weighted by molar-refractivity contribution is 8.01. The molecule has 0 N–H and O–H groups in total. The molecule has 0 spiro atoms. The number of carbonyl (C=O) groups is 2. The number of carbonyl (C=O) groups excluding carboxylic acids is 2. The Hall–Kier alpha value is -1.41. The van der Waals surface area contributed by atoms with Crippen LogP contribution in [-0.2, 0) is 9.59 Å². The summed E-state index contributed by atoms with van der Waals surface area (Å²) in [7, 11) is 0. The first-order valence-electron chi connectivity index (χ1n) is 10.2. The Labute approximate surface area is 200 Å². The number of aromatic nitrogens is 2. The zero-order valence-electron chi connectivity index (χ0n) is 17.6. The fraction of sp³-hybridized carbons (Fsp3) is 0.455. The van der Waals surface area contributed by atoms with Crippen molar-refractivity contribution < 1.29 is 9.59 Å². The summed E-state index contributed by atoms with van der Waals surface area (Å²) in [6.07, 6.45) is 2.23. The molecule has 9 heteroatoms. The van der Waals surface area contributed by atoms with Crippen molar-refractivity contribution in [2.24, 2.45) is 5.41 Å². The van der Waals surface area contributed by atoms with E-state index in [1.54, 1.807) is 28.8 Å². The van der Waals surface area contributed by atoms with Crippen molar-refractivity contribution in [1.82, 2.24) is 10.2 Å². The van der Waals surface area contributed by atoms with Crippen molar-refractivity contribution in [3.63, 3.8) is 0 Å². The van der Waals surface area contributed by atoms with E-state index in [4.69, 9.17) is 23.2 Å². The standard InChI is InChI=1S/C22H23Cl2N3O2S2/c1-4-7-30-21-26-25-20(31-21)27-16-10-22(2,3)11-17(28)19(16)14(9-18(27)29)13-6-5-12(23)8-15(13)24/h5-6,8,14H,4,7,9-11H2,1-3H3. The Morgan fingerprint density at radius 2 is 2.00 bits per heavy atom. The summed E-state index contributed by atoms with van der Waals surface area (Å²) < 4.78 is 0.830. The molecule has 0 fully saturated rings. The van der Waals surface area contributed by atoms with Gasteiger partial charge in [0.25, 0.3) is 0 Å². The lowest BCUT2D eigenvalue weighted by molar-refractivity contribution is -0.121. The number of benzene rings is 1. The fourth-order valence-corrected chi connectivity index (χ4v) is 6.58. The van der Waals surface area contributed by atoms with E-state index in [2.05, 4.69) is 31.0 Å². The molecule has 1 unspecified atom stereocenters. The molecule has 4 rings (SSSR count). The van der Waals surface area contributed by atoms with Gasteiger partial charge in [-0.3, -0.25) is 14.5 Å². The quantitative estimate of drug-likeness (QED) is 0.349. The number of amides is 1. The van der Waals surface area contributed by atoms with Gasteiger partial charge >= 0.3 is 0 Å². The minimum absolute atomic E-state index is 0.0601. The minimum atomic E-state index is -0.381. The van der Waals surface area contributed by atoms with Gasteiger partial charge in [0.15, 0.2) is 10.1 Å². The number of hydrogen-bond acceptors (Lipinski definition) is 6. The molecule has 0 saturated heterocycles. The summed E-state index contributed by atoms with van der Waals surface area (Å²) in [5.74, 6) is 0.529. The highest BCUT2D eigenvalue weighted by atomic mass is 35.5. The molecule has 1 aliphatic heterocycles. The monoisotopic (exact) mass is 495 g/mol. The van der Waals surface area contributed by atoms with Gasteiger partial charge in [0.1, 0.15) is 0 Å². The van der Waals surface area contributed by atoms with Gasteiger partial charge in [0, 0.05) is 45.8 Å². The predicted molar refractivity (Wildman–Crippen MR) is 127 cm³/mol. The molecule has 1 aromatic heterocycles. The number of ketones is 1. The lowest BCUT2D eigenvalue weighted by atomic mass is 9.69. The first-order chi connectivity index (χ1) is 14.7. The van der Waals surface area contributed by atoms with Crippen LogP contribution in [0.5, 0.6) is 0 Å². The van der Waals surface area contributed by atoms with Crippen LogP contribution >= 0.6 is 46.3 Å². The van der Waals surface area contributed by atoms with E-state index in [0.717, 1.165) is 27.8 Å². The molecule has 31 heavy (non-hydrogen) atoms. The van der Waals surface area contributed by atoms with E-state index in [0.29, 0.717) is 33.6 Å². The number of nitrogens with zero attached hydrogens (tertiary/aromatic N) is 3. The van der Waals surface area contributed by atoms with E-state index in [-0.39, 0.29) is 29.4 Å². The number of halogens is 2. The smallest absolute Gasteiger partial charge is 0.234 e. The topological polar surface area (TPSA) is 63.2 Å². The highest BCUT2D eigenvalue weighted by Crippen LogP contribution is 2.49. The molecule has 1 aromatic carbocycles. The van der Waals surface area contributed by atoms with Crippen LogP contribution < -0.4 is 4.90 Å². The molecule has 0 bridgehead atoms. The van der Waals surface area contributed by atoms with Crippen LogP contribution in [0.2, 0.25) is 10.0 Å². The lowest BCUT2D eigenvalue weighted by Gasteiger charge is -2.42. The molecule has 5 nitrogen and oxygen atoms in total. The second kappa shape index (κ2) is 8.85. The Morgan fingerprint density at radius 1 is 1.23 bits per heavy atom. The molecule has 0 radical (unpaired) electrons. The van der Waals surface area contributed by atoms with Crippen LogP contribution in [0, 0.1) is 5.41 Å². The number of hydrogen-bond donors (Lipinski definition) is 0. The third kappa shape index (κ3) is 4.56. The van der Waals surface area contributed by atoms with Gasteiger partial charge in [0.2, 0.25) is 11.0 Å². The fourth-order valence-electron chi connectivity index (χ4n) is 4.23. The van der Waals surface area contributed by atoms with Gasteiger partial charge < -0.3 is 0 Å². The van der Waals surface area contributed by atoms with Gasteiger partial charge in [-0.25, -0.2) is 0 Å². The average molecular weight is 496 g/mol. The van der Waals surface area contributed by atoms with Crippen LogP contribution in [0.4, 0.5) is 5.13 Å². The molecule has 164 valence electrons. The largest absolute Gasteiger partial charge is 0.294 e. The van der Waals surface area contributed by atoms with Gasteiger partial charge in [0.05, 0.1) is 0 Å². The van der Waals surface area contributed by atoms with Gasteiger partial charge in [-0.15, -0.1) is 10.2 Å². The molecule has 2 aromatic rings. The maximum absolute atomic E-state index is 13.4. The number of allylic oxidation sites excluding steroid dienone is 2. The summed E-state index contributed by atoms with van der Waals surface area (Å²) >= 11 is 15.6. The normalized spacial score (nSPS) is 20.9. The summed E-state index contributed by atoms with van der Waals surface area (Å²) in [5, 5.41) is 10.1. The van der Waals surface area contributed by atoms with E-state index < -0.39 is 0 Å². The SMILES string of the molecule is CCCSc1nnc(N2C(=O)CC(c3ccc(Cl)cc3Cl)C3=C2CC(C)(C)CC3=O)s1. The summed E-state index contributed by atoms with van der Waals surface area (Å²) in [5.41, 5.74) is 1.92. The summed E-state index contributed by atoms with van der Waals surface area (Å²) in [6.45, 7) is 6.22. The maximum atomic E-state index is 13.4. The van der Waals surface area contributed by atoms with Crippen LogP contribution in [0.1, 0.15) is 57.9 Å². The van der Waals surface area contributed by atoms with Crippen LogP contribution in [0.15, 0.2) is 33.8 Å². The minimum Gasteiger partial charge on any atom is -0.294 e. The van der Waals surface area contributed by atoms with Gasteiger partial charge in [-0.05, 0) is 36.0 Å². The summed E-state index contributed by atoms with van der Waals surface area (Å²) in [6, 6.07) is 5.23. The first kappa shape index (κ1) is 22.8. The van der Waals surface area contributed by atoms with E-state index in [1.807, 2.05) is 6.07 Å². The Balaban J connectivity index is 1.83. The third-order valence-electron chi connectivity index (χ3n) is 5.50. The average Bonchev–Trinajstić information content (AvgIpc) is 3.13. The van der Waals surface area contributed by atoms with Crippen molar-refractivity contribution in [1.29, 1.82) is 0 Å². The molecular formula is C22H23Cl2N3O2S2. The Kier molecular flexibility index (Phi) is 6.50. The number of Topliss-reactive ketones (excluding diaryl/α,β-unsaturated/α-hetero) is 1. The molecule has 2 aliphatic rings. The zero-order chi connectivity index (χ0) is 22.3. The van der Waals surface area contributed by atoms with Crippen molar-refractivity contribution in [3.8, 4) is 0 Å². The van der Waals surface area contributed by atoms with Crippen molar-refractivity contribution in [3.05, 3.63) is 45.1 Å². The van der Waals surface area contributed by atoms with Crippen LogP contribution in [-0.4, -0.2) is 27.6 Å². The number of thioether (sulfide) groups is 1. The summed E-state index contributed by atoms with van der Waals surface area (Å²) in [4.78, 5) is 28.4. The first-order valence-corrected chi connectivity index (χ1v) is 12.8. The molecule has 1 amide bonds. The van der Waals surface area contributed by atoms with E-state index in [1.165, 1.54) is 11.3 Å². The van der Waals surface area contributed by atoms with Crippen molar-refractivity contribution in [2.45, 2.75) is 56.7 Å². The third-order valence-corrected chi connectivity index (χ3v) is 8.31. The number of rotatable bonds is 5. The molecule has 1 atom stereocenters. The molecular weight excluding hydrogens is 473 g/mol. The van der Waals surface area contributed by atoms with Gasteiger partial charge in [-0.1, -0.05) is 73.1 Å². The number of anilines is 1. The van der Waals surface area contributed by atoms with Crippen LogP contribution in [0.25, 0.3) is 0 Å². The van der Waals surface area contributed by atoms with E-state index >= 15 is 0 Å². The zero-order valence-corrected chi connectivity index (χ0v) is 20.7. The van der Waals surface area contributed by atoms with Crippen molar-refractivity contribution in [2.75, 3.05) is 10.7 Å². The van der Waals surface area contributed by atoms with E-state index in [9.17, 15) is 9.59 Å². The predicted octanol–water partition coefficient (Wildman–Crippen LogP) is 6.51. The maximum Gasteiger partial charge on any atom is 0.234 e. The Morgan fingerprint density at radius 3 is 2.71 bits per heavy atom. The molecule has 2 heterocycles. The highest BCUT2D eigenvalue weighted by Gasteiger charge is 2.45. The van der Waals surface area contributed by atoms with Crippen molar-refractivity contribution >= 4 is 63.1 Å². The second-order valence-electron chi connectivity index (χ2n) is 8.65. The molecule has 1 aliphatic carbocycles. The van der Waals surface area contributed by atoms with Crippen LogP contribution in [0.3, 0.4) is 0 Å². The lowest BCUT2D eigenvalue weighted by Crippen LogP contribution is -2.43. The Bertz CT molecular complexity index is 1080. The second-order valence-corrected chi connectivity index (χ2v) is 11.8.